The van der Waals surface area contributed by atoms with Crippen molar-refractivity contribution in [1.29, 1.82) is 0 Å². The van der Waals surface area contributed by atoms with Gasteiger partial charge in [0.2, 0.25) is 0 Å². The van der Waals surface area contributed by atoms with Crippen LogP contribution in [-0.2, 0) is 0 Å². The molecule has 0 aliphatic heterocycles. The van der Waals surface area contributed by atoms with Crippen LogP contribution in [-0.4, -0.2) is 10.8 Å². The van der Waals surface area contributed by atoms with Gasteiger partial charge in [-0.15, -0.1) is 0 Å². The van der Waals surface area contributed by atoms with Gasteiger partial charge in [-0.05, 0) is 37.6 Å². The Morgan fingerprint density at radius 3 is 2.65 bits per heavy atom. The summed E-state index contributed by atoms with van der Waals surface area (Å²) >= 11 is 3.44. The Kier molecular flexibility index (Phi) is 3.22. The molecule has 3 rings (SSSR count). The minimum atomic E-state index is 0.0692. The van der Waals surface area contributed by atoms with Crippen LogP contribution < -0.4 is 0 Å². The Hall–Kier alpha value is -1.87. The fourth-order valence-corrected chi connectivity index (χ4v) is 2.77. The fourth-order valence-electron chi connectivity index (χ4n) is 2.41. The molecule has 0 unspecified atom stereocenters. The third-order valence-corrected chi connectivity index (χ3v) is 4.02. The van der Waals surface area contributed by atoms with E-state index in [1.807, 2.05) is 50.2 Å². The van der Waals surface area contributed by atoms with Gasteiger partial charge in [-0.3, -0.25) is 4.79 Å². The van der Waals surface area contributed by atoms with E-state index in [1.54, 1.807) is 6.20 Å². The molecule has 0 saturated carbocycles. The lowest BCUT2D eigenvalue weighted by atomic mass is 9.97. The lowest BCUT2D eigenvalue weighted by Crippen LogP contribution is -2.03. The highest BCUT2D eigenvalue weighted by Gasteiger charge is 2.16. The van der Waals surface area contributed by atoms with Gasteiger partial charge in [-0.25, -0.2) is 0 Å². The number of nitrogens with one attached hydrogen (secondary N) is 1. The zero-order valence-corrected chi connectivity index (χ0v) is 12.9. The number of aromatic nitrogens is 1. The van der Waals surface area contributed by atoms with Gasteiger partial charge in [-0.2, -0.15) is 0 Å². The quantitative estimate of drug-likeness (QED) is 0.675. The Balaban J connectivity index is 2.15. The van der Waals surface area contributed by atoms with Crippen molar-refractivity contribution in [2.75, 3.05) is 0 Å². The largest absolute Gasteiger partial charge is 0.360 e. The van der Waals surface area contributed by atoms with Crippen LogP contribution >= 0.6 is 15.9 Å². The van der Waals surface area contributed by atoms with E-state index >= 15 is 0 Å². The second kappa shape index (κ2) is 4.91. The molecule has 0 atom stereocenters. The zero-order valence-electron chi connectivity index (χ0n) is 11.3. The van der Waals surface area contributed by atoms with Crippen LogP contribution in [0, 0.1) is 13.8 Å². The minimum Gasteiger partial charge on any atom is -0.360 e. The van der Waals surface area contributed by atoms with E-state index in [-0.39, 0.29) is 5.78 Å². The van der Waals surface area contributed by atoms with E-state index in [9.17, 15) is 4.79 Å². The number of aromatic amines is 1. The van der Waals surface area contributed by atoms with Gasteiger partial charge in [0, 0.05) is 32.7 Å². The molecule has 1 heterocycles. The molecule has 0 spiro atoms. The maximum Gasteiger partial charge on any atom is 0.195 e. The first-order valence-corrected chi connectivity index (χ1v) is 7.24. The molecule has 0 aliphatic carbocycles. The highest BCUT2D eigenvalue weighted by molar-refractivity contribution is 9.10. The summed E-state index contributed by atoms with van der Waals surface area (Å²) < 4.78 is 0.998. The topological polar surface area (TPSA) is 32.9 Å². The Labute approximate surface area is 126 Å². The molecule has 0 saturated heterocycles. The molecule has 0 aliphatic rings. The van der Waals surface area contributed by atoms with Crippen LogP contribution in [0.25, 0.3) is 10.9 Å². The van der Waals surface area contributed by atoms with E-state index in [2.05, 4.69) is 20.9 Å². The number of ketones is 1. The maximum absolute atomic E-state index is 12.7. The van der Waals surface area contributed by atoms with E-state index in [1.165, 1.54) is 0 Å². The molecule has 1 aromatic heterocycles. The second-order valence-electron chi connectivity index (χ2n) is 5.04. The fraction of sp³-hybridized carbons (Fsp3) is 0.118. The molecule has 1 N–H and O–H groups in total. The number of rotatable bonds is 2. The van der Waals surface area contributed by atoms with Crippen molar-refractivity contribution >= 4 is 32.6 Å². The molecular weight excluding hydrogens is 314 g/mol. The first-order chi connectivity index (χ1) is 9.56. The number of fused-ring (bicyclic) bond motifs is 1. The molecule has 100 valence electrons. The highest BCUT2D eigenvalue weighted by atomic mass is 79.9. The number of carbonyl (C=O) groups is 1. The summed E-state index contributed by atoms with van der Waals surface area (Å²) in [4.78, 5) is 15.9. The number of halogens is 1. The summed E-state index contributed by atoms with van der Waals surface area (Å²) in [6.45, 7) is 3.97. The first-order valence-electron chi connectivity index (χ1n) is 6.45. The van der Waals surface area contributed by atoms with Crippen molar-refractivity contribution in [2.45, 2.75) is 13.8 Å². The van der Waals surface area contributed by atoms with Crippen molar-refractivity contribution in [1.82, 2.24) is 4.98 Å². The number of benzene rings is 2. The average Bonchev–Trinajstić information content (AvgIpc) is 2.83. The predicted octanol–water partition coefficient (Wildman–Crippen LogP) is 4.78. The van der Waals surface area contributed by atoms with Crippen LogP contribution in [0.4, 0.5) is 0 Å². The van der Waals surface area contributed by atoms with Gasteiger partial charge in [0.1, 0.15) is 0 Å². The SMILES string of the molecule is Cc1ccc(C)c(C(=O)c2c[nH]c3cc(Br)ccc23)c1. The second-order valence-corrected chi connectivity index (χ2v) is 5.96. The standard InChI is InChI=1S/C17H14BrNO/c1-10-3-4-11(2)14(7-10)17(20)15-9-19-16-8-12(18)5-6-13(15)16/h3-9,19H,1-2H3. The molecule has 0 radical (unpaired) electrons. The van der Waals surface area contributed by atoms with Gasteiger partial charge >= 0.3 is 0 Å². The number of hydrogen-bond acceptors (Lipinski definition) is 1. The number of aryl methyl sites for hydroxylation is 2. The van der Waals surface area contributed by atoms with Crippen LogP contribution in [0.2, 0.25) is 0 Å². The number of carbonyl (C=O) groups excluding carboxylic acids is 1. The molecule has 3 aromatic rings. The molecule has 2 nitrogen and oxygen atoms in total. The molecule has 0 amide bonds. The van der Waals surface area contributed by atoms with Crippen molar-refractivity contribution in [3.63, 3.8) is 0 Å². The zero-order chi connectivity index (χ0) is 14.3. The molecular formula is C17H14BrNO. The molecule has 3 heteroatoms. The Bertz CT molecular complexity index is 817. The predicted molar refractivity (Wildman–Crippen MR) is 85.3 cm³/mol. The third kappa shape index (κ3) is 2.18. The van der Waals surface area contributed by atoms with Crippen LogP contribution in [0.15, 0.2) is 47.1 Å². The van der Waals surface area contributed by atoms with Crippen molar-refractivity contribution < 1.29 is 4.79 Å². The van der Waals surface area contributed by atoms with E-state index in [0.717, 1.165) is 37.6 Å². The molecule has 0 fully saturated rings. The highest BCUT2D eigenvalue weighted by Crippen LogP contribution is 2.25. The van der Waals surface area contributed by atoms with Gasteiger partial charge in [-0.1, -0.05) is 39.7 Å². The summed E-state index contributed by atoms with van der Waals surface area (Å²) in [6.07, 6.45) is 1.79. The van der Waals surface area contributed by atoms with Crippen LogP contribution in [0.5, 0.6) is 0 Å². The summed E-state index contributed by atoms with van der Waals surface area (Å²) in [5.74, 6) is 0.0692. The van der Waals surface area contributed by atoms with Crippen LogP contribution in [0.1, 0.15) is 27.0 Å². The first kappa shape index (κ1) is 13.1. The summed E-state index contributed by atoms with van der Waals surface area (Å²) in [6, 6.07) is 11.9. The molecule has 20 heavy (non-hydrogen) atoms. The molecule has 0 bridgehead atoms. The van der Waals surface area contributed by atoms with Gasteiger partial charge in [0.05, 0.1) is 0 Å². The Morgan fingerprint density at radius 2 is 1.85 bits per heavy atom. The lowest BCUT2D eigenvalue weighted by Gasteiger charge is -2.05. The van der Waals surface area contributed by atoms with Crippen molar-refractivity contribution in [2.24, 2.45) is 0 Å². The Morgan fingerprint density at radius 1 is 1.05 bits per heavy atom. The monoisotopic (exact) mass is 327 g/mol. The number of hydrogen-bond donors (Lipinski definition) is 1. The minimum absolute atomic E-state index is 0.0692. The van der Waals surface area contributed by atoms with Crippen LogP contribution in [0.3, 0.4) is 0 Å². The van der Waals surface area contributed by atoms with E-state index in [0.29, 0.717) is 0 Å². The van der Waals surface area contributed by atoms with Gasteiger partial charge < -0.3 is 4.98 Å². The average molecular weight is 328 g/mol. The maximum atomic E-state index is 12.7. The smallest absolute Gasteiger partial charge is 0.195 e. The van der Waals surface area contributed by atoms with Crippen molar-refractivity contribution in [3.8, 4) is 0 Å². The summed E-state index contributed by atoms with van der Waals surface area (Å²) in [5.41, 5.74) is 4.57. The van der Waals surface area contributed by atoms with Gasteiger partial charge in [0.15, 0.2) is 5.78 Å². The third-order valence-electron chi connectivity index (χ3n) is 3.53. The molecule has 2 aromatic carbocycles. The summed E-state index contributed by atoms with van der Waals surface area (Å²) in [7, 11) is 0. The normalized spacial score (nSPS) is 10.9. The van der Waals surface area contributed by atoms with E-state index in [4.69, 9.17) is 0 Å². The lowest BCUT2D eigenvalue weighted by molar-refractivity contribution is 0.103. The van der Waals surface area contributed by atoms with Gasteiger partial charge in [0.25, 0.3) is 0 Å². The van der Waals surface area contributed by atoms with E-state index < -0.39 is 0 Å². The number of H-pyrrole nitrogens is 1. The summed E-state index contributed by atoms with van der Waals surface area (Å²) in [5, 5.41) is 0.958. The van der Waals surface area contributed by atoms with Crippen molar-refractivity contribution in [3.05, 3.63) is 69.3 Å².